The number of hydrogen-bond acceptors (Lipinski definition) is 4. The third kappa shape index (κ3) is 9.16. The highest BCUT2D eigenvalue weighted by atomic mass is 32.2. The number of carbonyl (C=O) groups excluding carboxylic acids is 1. The predicted molar refractivity (Wildman–Crippen MR) is 92.3 cm³/mol. The molecule has 1 heterocycles. The van der Waals surface area contributed by atoms with Crippen LogP contribution < -0.4 is 0 Å². The molecular weight excluding hydrogens is 320 g/mol. The molecule has 0 bridgehead atoms. The minimum atomic E-state index is -3.94. The molecule has 22 heavy (non-hydrogen) atoms. The van der Waals surface area contributed by atoms with Crippen molar-refractivity contribution in [2.45, 2.75) is 64.7 Å². The molecule has 1 aliphatic carbocycles. The van der Waals surface area contributed by atoms with Gasteiger partial charge in [0.15, 0.2) is 11.5 Å². The Morgan fingerprint density at radius 1 is 1.09 bits per heavy atom. The summed E-state index contributed by atoms with van der Waals surface area (Å²) in [4.78, 5) is 12.0. The van der Waals surface area contributed by atoms with Gasteiger partial charge >= 0.3 is 0 Å². The van der Waals surface area contributed by atoms with E-state index >= 15 is 0 Å². The fourth-order valence-corrected chi connectivity index (χ4v) is 5.92. The van der Waals surface area contributed by atoms with Gasteiger partial charge in [0.25, 0.3) is 0 Å². The monoisotopic (exact) mass is 350 g/mol. The van der Waals surface area contributed by atoms with Gasteiger partial charge in [-0.3, -0.25) is 4.79 Å². The lowest BCUT2D eigenvalue weighted by atomic mass is 9.87. The molecule has 130 valence electrons. The van der Waals surface area contributed by atoms with Gasteiger partial charge in [0.05, 0.1) is 10.1 Å². The standard InChI is InChI=1S/C12H21OS.C4H10O3S/c13-12(10-14-8-4-5-9-14)11-6-2-1-3-7-11;1-2-3-4-8(5,6)7/h11H,1-10H2;2-4H2,1H3,(H,5,6,7)/q+1;/p-1. The quantitative estimate of drug-likeness (QED) is 0.545. The number of rotatable bonds is 6. The molecule has 1 saturated heterocycles. The molecular formula is C16H30O4S2. The summed E-state index contributed by atoms with van der Waals surface area (Å²) in [5, 5.41) is 0. The maximum absolute atomic E-state index is 12.0. The molecule has 4 nitrogen and oxygen atoms in total. The van der Waals surface area contributed by atoms with Crippen LogP contribution in [0.25, 0.3) is 0 Å². The van der Waals surface area contributed by atoms with Gasteiger partial charge in [-0.15, -0.1) is 0 Å². The van der Waals surface area contributed by atoms with Crippen LogP contribution in [0.5, 0.6) is 0 Å². The van der Waals surface area contributed by atoms with Crippen LogP contribution in [0.1, 0.15) is 64.7 Å². The normalized spacial score (nSPS) is 20.5. The molecule has 0 unspecified atom stereocenters. The highest BCUT2D eigenvalue weighted by Gasteiger charge is 2.31. The molecule has 0 amide bonds. The van der Waals surface area contributed by atoms with Crippen molar-refractivity contribution in [1.82, 2.24) is 0 Å². The predicted octanol–water partition coefficient (Wildman–Crippen LogP) is 2.88. The molecule has 2 aliphatic rings. The fourth-order valence-electron chi connectivity index (χ4n) is 2.92. The van der Waals surface area contributed by atoms with E-state index in [1.165, 1.54) is 56.5 Å². The van der Waals surface area contributed by atoms with Crippen molar-refractivity contribution in [1.29, 1.82) is 0 Å². The molecule has 6 heteroatoms. The Morgan fingerprint density at radius 2 is 1.68 bits per heavy atom. The van der Waals surface area contributed by atoms with Gasteiger partial charge in [-0.05, 0) is 43.0 Å². The topological polar surface area (TPSA) is 74.3 Å². The summed E-state index contributed by atoms with van der Waals surface area (Å²) in [6.07, 6.45) is 10.3. The Kier molecular flexibility index (Phi) is 9.68. The molecule has 0 spiro atoms. The van der Waals surface area contributed by atoms with E-state index < -0.39 is 10.1 Å². The van der Waals surface area contributed by atoms with Crippen LogP contribution in [0.4, 0.5) is 0 Å². The summed E-state index contributed by atoms with van der Waals surface area (Å²) in [7, 11) is -3.44. The number of ketones is 1. The second-order valence-corrected chi connectivity index (χ2v) is 10.1. The first kappa shape index (κ1) is 20.0. The van der Waals surface area contributed by atoms with Crippen molar-refractivity contribution in [3.05, 3.63) is 0 Å². The van der Waals surface area contributed by atoms with Gasteiger partial charge in [-0.1, -0.05) is 32.6 Å². The highest BCUT2D eigenvalue weighted by molar-refractivity contribution is 7.97. The third-order valence-corrected chi connectivity index (χ3v) is 7.48. The van der Waals surface area contributed by atoms with Crippen molar-refractivity contribution in [3.63, 3.8) is 0 Å². The summed E-state index contributed by atoms with van der Waals surface area (Å²) < 4.78 is 29.5. The first-order valence-corrected chi connectivity index (χ1v) is 11.8. The van der Waals surface area contributed by atoms with E-state index in [9.17, 15) is 17.8 Å². The van der Waals surface area contributed by atoms with E-state index in [1.807, 2.05) is 6.92 Å². The van der Waals surface area contributed by atoms with Crippen LogP contribution >= 0.6 is 0 Å². The van der Waals surface area contributed by atoms with E-state index in [0.717, 1.165) is 12.2 Å². The minimum absolute atomic E-state index is 0.219. The molecule has 0 atom stereocenters. The second kappa shape index (κ2) is 10.7. The third-order valence-electron chi connectivity index (χ3n) is 4.27. The van der Waals surface area contributed by atoms with Crippen LogP contribution in [0.15, 0.2) is 0 Å². The zero-order valence-electron chi connectivity index (χ0n) is 13.7. The maximum Gasteiger partial charge on any atom is 0.184 e. The molecule has 2 rings (SSSR count). The number of carbonyl (C=O) groups is 1. The molecule has 0 aromatic heterocycles. The molecule has 0 radical (unpaired) electrons. The average Bonchev–Trinajstić information content (AvgIpc) is 2.99. The number of hydrogen-bond donors (Lipinski definition) is 0. The molecule has 0 aromatic rings. The minimum Gasteiger partial charge on any atom is -0.748 e. The summed E-state index contributed by atoms with van der Waals surface area (Å²) in [5.41, 5.74) is 0. The highest BCUT2D eigenvalue weighted by Crippen LogP contribution is 2.26. The van der Waals surface area contributed by atoms with Gasteiger partial charge in [-0.2, -0.15) is 0 Å². The van der Waals surface area contributed by atoms with E-state index in [4.69, 9.17) is 0 Å². The molecule has 0 aromatic carbocycles. The van der Waals surface area contributed by atoms with Crippen molar-refractivity contribution in [2.24, 2.45) is 5.92 Å². The molecule has 2 fully saturated rings. The van der Waals surface area contributed by atoms with Gasteiger partial charge in [0.1, 0.15) is 11.5 Å². The van der Waals surface area contributed by atoms with E-state index in [-0.39, 0.29) is 5.75 Å². The van der Waals surface area contributed by atoms with Crippen LogP contribution in [0, 0.1) is 5.92 Å². The van der Waals surface area contributed by atoms with Crippen LogP contribution in [0.2, 0.25) is 0 Å². The lowest BCUT2D eigenvalue weighted by Gasteiger charge is -2.19. The smallest absolute Gasteiger partial charge is 0.184 e. The zero-order chi connectivity index (χ0) is 16.4. The van der Waals surface area contributed by atoms with E-state index in [2.05, 4.69) is 0 Å². The first-order valence-electron chi connectivity index (χ1n) is 8.52. The van der Waals surface area contributed by atoms with E-state index in [1.54, 1.807) is 0 Å². The Bertz CT molecular complexity index is 408. The lowest BCUT2D eigenvalue weighted by Crippen LogP contribution is -2.26. The lowest BCUT2D eigenvalue weighted by molar-refractivity contribution is -0.121. The average molecular weight is 351 g/mol. The zero-order valence-corrected chi connectivity index (χ0v) is 15.4. The summed E-state index contributed by atoms with van der Waals surface area (Å²) in [6, 6.07) is 0. The molecule has 0 N–H and O–H groups in total. The Balaban J connectivity index is 0.000000261. The largest absolute Gasteiger partial charge is 0.748 e. The summed E-state index contributed by atoms with van der Waals surface area (Å²) in [6.45, 7) is 1.84. The van der Waals surface area contributed by atoms with Crippen LogP contribution in [-0.2, 0) is 25.8 Å². The summed E-state index contributed by atoms with van der Waals surface area (Å²) in [5.74, 6) is 4.47. The van der Waals surface area contributed by atoms with Crippen molar-refractivity contribution >= 4 is 26.8 Å². The number of Topliss-reactive ketones (excluding diaryl/α,β-unsaturated/α-hetero) is 1. The first-order chi connectivity index (χ1) is 10.4. The Labute approximate surface area is 138 Å². The van der Waals surface area contributed by atoms with Crippen LogP contribution in [-0.4, -0.2) is 41.8 Å². The Hall–Kier alpha value is -0.0700. The van der Waals surface area contributed by atoms with Gasteiger partial charge in [0, 0.05) is 11.7 Å². The van der Waals surface area contributed by atoms with Crippen LogP contribution in [0.3, 0.4) is 0 Å². The van der Waals surface area contributed by atoms with Crippen molar-refractivity contribution in [3.8, 4) is 0 Å². The SMILES string of the molecule is CCCCS(=O)(=O)[O-].O=C(C[S+]1CCCC1)C1CCCCC1. The van der Waals surface area contributed by atoms with Crippen molar-refractivity contribution < 1.29 is 17.8 Å². The Morgan fingerprint density at radius 3 is 2.14 bits per heavy atom. The maximum atomic E-state index is 12.0. The second-order valence-electron chi connectivity index (χ2n) is 6.29. The van der Waals surface area contributed by atoms with Gasteiger partial charge < -0.3 is 4.55 Å². The van der Waals surface area contributed by atoms with Gasteiger partial charge in [-0.25, -0.2) is 8.42 Å². The van der Waals surface area contributed by atoms with Crippen molar-refractivity contribution in [2.75, 3.05) is 23.0 Å². The fraction of sp³-hybridized carbons (Fsp3) is 0.938. The molecule has 1 aliphatic heterocycles. The molecule has 1 saturated carbocycles. The van der Waals surface area contributed by atoms with E-state index in [0.29, 0.717) is 29.0 Å². The summed E-state index contributed by atoms with van der Waals surface area (Å²) >= 11 is 0. The van der Waals surface area contributed by atoms with Gasteiger partial charge in [0.2, 0.25) is 0 Å². The number of unbranched alkanes of at least 4 members (excludes halogenated alkanes) is 1.